The van der Waals surface area contributed by atoms with Crippen LogP contribution in [-0.4, -0.2) is 29.7 Å². The van der Waals surface area contributed by atoms with Gasteiger partial charge < -0.3 is 14.5 Å². The average molecular weight is 381 g/mol. The molecule has 1 saturated heterocycles. The Labute approximate surface area is 160 Å². The maximum Gasteiger partial charge on any atom is 0.419 e. The number of aryl methyl sites for hydroxylation is 1. The van der Waals surface area contributed by atoms with Gasteiger partial charge in [-0.05, 0) is 29.8 Å². The van der Waals surface area contributed by atoms with Crippen molar-refractivity contribution in [3.05, 3.63) is 64.6 Å². The summed E-state index contributed by atoms with van der Waals surface area (Å²) in [4.78, 5) is 37.4. The Bertz CT molecular complexity index is 1080. The molecule has 1 aliphatic heterocycles. The monoisotopic (exact) mass is 381 g/mol. The van der Waals surface area contributed by atoms with Crippen molar-refractivity contribution in [1.29, 1.82) is 0 Å². The van der Waals surface area contributed by atoms with E-state index in [1.165, 1.54) is 4.57 Å². The Morgan fingerprint density at radius 2 is 1.96 bits per heavy atom. The zero-order chi connectivity index (χ0) is 19.5. The quantitative estimate of drug-likeness (QED) is 0.707. The molecule has 3 aromatic rings. The van der Waals surface area contributed by atoms with Gasteiger partial charge in [0.25, 0.3) is 0 Å². The van der Waals surface area contributed by atoms with Gasteiger partial charge >= 0.3 is 11.8 Å². The number of benzene rings is 2. The highest BCUT2D eigenvalue weighted by molar-refractivity contribution is 5.89. The minimum atomic E-state index is -0.473. The summed E-state index contributed by atoms with van der Waals surface area (Å²) in [6.45, 7) is 1.46. The zero-order valence-electron chi connectivity index (χ0n) is 15.1. The molecule has 2 heterocycles. The van der Waals surface area contributed by atoms with E-state index in [2.05, 4.69) is 5.32 Å². The van der Waals surface area contributed by atoms with Gasteiger partial charge in [0.2, 0.25) is 5.91 Å². The Balaban J connectivity index is 1.35. The van der Waals surface area contributed by atoms with Crippen LogP contribution in [0.25, 0.3) is 11.1 Å². The second-order valence-corrected chi connectivity index (χ2v) is 6.45. The minimum absolute atomic E-state index is 0.154. The number of cyclic esters (lactones) is 1. The summed E-state index contributed by atoms with van der Waals surface area (Å²) in [6.07, 6.45) is -0.208. The van der Waals surface area contributed by atoms with E-state index in [-0.39, 0.29) is 25.0 Å². The molecule has 0 bridgehead atoms. The molecule has 0 atom stereocenters. The molecule has 1 aliphatic rings. The van der Waals surface area contributed by atoms with E-state index in [1.807, 2.05) is 30.3 Å². The van der Waals surface area contributed by atoms with Gasteiger partial charge in [-0.2, -0.15) is 0 Å². The minimum Gasteiger partial charge on any atom is -0.447 e. The van der Waals surface area contributed by atoms with Crippen LogP contribution < -0.4 is 16.0 Å². The van der Waals surface area contributed by atoms with Gasteiger partial charge in [0.05, 0.1) is 12.1 Å². The van der Waals surface area contributed by atoms with Crippen molar-refractivity contribution in [3.8, 4) is 0 Å². The largest absolute Gasteiger partial charge is 0.447 e. The summed E-state index contributed by atoms with van der Waals surface area (Å²) in [7, 11) is 0. The fourth-order valence-electron chi connectivity index (χ4n) is 3.19. The third kappa shape index (κ3) is 3.62. The summed E-state index contributed by atoms with van der Waals surface area (Å²) >= 11 is 0. The summed E-state index contributed by atoms with van der Waals surface area (Å²) in [6, 6.07) is 14.5. The number of hydrogen-bond donors (Lipinski definition) is 1. The number of rotatable bonds is 6. The van der Waals surface area contributed by atoms with Crippen LogP contribution in [0, 0.1) is 0 Å². The Morgan fingerprint density at radius 1 is 1.11 bits per heavy atom. The van der Waals surface area contributed by atoms with Crippen LogP contribution in [0.2, 0.25) is 0 Å². The highest BCUT2D eigenvalue weighted by atomic mass is 16.6. The third-order valence-corrected chi connectivity index (χ3v) is 4.61. The first-order valence-electron chi connectivity index (χ1n) is 9.00. The second kappa shape index (κ2) is 7.59. The van der Waals surface area contributed by atoms with Crippen LogP contribution >= 0.6 is 0 Å². The van der Waals surface area contributed by atoms with Crippen molar-refractivity contribution in [1.82, 2.24) is 9.88 Å². The Kier molecular flexibility index (Phi) is 4.84. The first-order chi connectivity index (χ1) is 13.6. The molecular weight excluding hydrogens is 362 g/mol. The third-order valence-electron chi connectivity index (χ3n) is 4.61. The van der Waals surface area contributed by atoms with Crippen LogP contribution in [0.5, 0.6) is 0 Å². The van der Waals surface area contributed by atoms with Crippen molar-refractivity contribution in [2.75, 3.05) is 18.1 Å². The van der Waals surface area contributed by atoms with Gasteiger partial charge in [0.1, 0.15) is 6.61 Å². The maximum atomic E-state index is 12.2. The molecule has 4 rings (SSSR count). The Hall–Kier alpha value is -3.55. The zero-order valence-corrected chi connectivity index (χ0v) is 15.1. The molecule has 1 N–H and O–H groups in total. The number of carbonyl (C=O) groups excluding carboxylic acids is 2. The molecule has 144 valence electrons. The number of carbonyl (C=O) groups is 2. The van der Waals surface area contributed by atoms with Gasteiger partial charge in [-0.3, -0.25) is 14.3 Å². The van der Waals surface area contributed by atoms with E-state index in [1.54, 1.807) is 23.1 Å². The van der Waals surface area contributed by atoms with Gasteiger partial charge in [-0.15, -0.1) is 0 Å². The van der Waals surface area contributed by atoms with Crippen molar-refractivity contribution < 1.29 is 18.7 Å². The smallest absolute Gasteiger partial charge is 0.419 e. The summed E-state index contributed by atoms with van der Waals surface area (Å²) in [5.74, 6) is -0.651. The predicted molar refractivity (Wildman–Crippen MR) is 102 cm³/mol. The lowest BCUT2D eigenvalue weighted by atomic mass is 10.2. The number of oxazole rings is 1. The molecular formula is C20H19N3O5. The van der Waals surface area contributed by atoms with Gasteiger partial charge in [0, 0.05) is 25.2 Å². The molecule has 0 aliphatic carbocycles. The number of aromatic nitrogens is 1. The molecule has 2 amide bonds. The van der Waals surface area contributed by atoms with E-state index in [9.17, 15) is 14.4 Å². The first-order valence-corrected chi connectivity index (χ1v) is 9.00. The van der Waals surface area contributed by atoms with E-state index < -0.39 is 5.76 Å². The molecule has 28 heavy (non-hydrogen) atoms. The molecule has 0 spiro atoms. The van der Waals surface area contributed by atoms with Crippen molar-refractivity contribution >= 4 is 28.8 Å². The molecule has 0 unspecified atom stereocenters. The summed E-state index contributed by atoms with van der Waals surface area (Å²) in [5.41, 5.74) is 2.79. The number of nitrogens with one attached hydrogen (secondary N) is 1. The molecule has 0 radical (unpaired) electrons. The number of nitrogens with zero attached hydrogens (tertiary/aromatic N) is 2. The number of amides is 2. The van der Waals surface area contributed by atoms with Crippen LogP contribution in [0.1, 0.15) is 12.0 Å². The van der Waals surface area contributed by atoms with E-state index in [0.29, 0.717) is 30.8 Å². The summed E-state index contributed by atoms with van der Waals surface area (Å²) < 4.78 is 11.6. The fraction of sp³-hybridized carbons (Fsp3) is 0.250. The summed E-state index contributed by atoms with van der Waals surface area (Å²) in [5, 5.41) is 2.84. The van der Waals surface area contributed by atoms with Crippen LogP contribution in [0.3, 0.4) is 0 Å². The lowest BCUT2D eigenvalue weighted by Gasteiger charge is -2.14. The van der Waals surface area contributed by atoms with E-state index in [4.69, 9.17) is 9.15 Å². The van der Waals surface area contributed by atoms with E-state index >= 15 is 0 Å². The molecule has 8 nitrogen and oxygen atoms in total. The number of fused-ring (bicyclic) bond motifs is 1. The molecule has 1 aromatic heterocycles. The predicted octanol–water partition coefficient (Wildman–Crippen LogP) is 2.26. The molecule has 1 fully saturated rings. The van der Waals surface area contributed by atoms with E-state index in [0.717, 1.165) is 11.3 Å². The maximum absolute atomic E-state index is 12.2. The van der Waals surface area contributed by atoms with Gasteiger partial charge in [-0.25, -0.2) is 9.59 Å². The number of para-hydroxylation sites is 2. The average Bonchev–Trinajstić information content (AvgIpc) is 3.27. The lowest BCUT2D eigenvalue weighted by Crippen LogP contribution is -2.26. The van der Waals surface area contributed by atoms with Gasteiger partial charge in [-0.1, -0.05) is 24.3 Å². The Morgan fingerprint density at radius 3 is 2.79 bits per heavy atom. The highest BCUT2D eigenvalue weighted by Gasteiger charge is 2.23. The highest BCUT2D eigenvalue weighted by Crippen LogP contribution is 2.20. The molecule has 8 heteroatoms. The fourth-order valence-corrected chi connectivity index (χ4v) is 3.19. The normalized spacial score (nSPS) is 13.7. The standard InChI is InChI=1S/C20H19N3O5/c24-18(8-9-23-16-6-1-2-7-17(16)28-20(23)26)21-13-14-4-3-5-15(12-14)22-10-11-27-19(22)25/h1-7,12H,8-11,13H2,(H,21,24). The topological polar surface area (TPSA) is 93.8 Å². The van der Waals surface area contributed by atoms with Crippen LogP contribution in [0.4, 0.5) is 10.5 Å². The van der Waals surface area contributed by atoms with Crippen molar-refractivity contribution in [2.24, 2.45) is 0 Å². The number of hydrogen-bond acceptors (Lipinski definition) is 5. The SMILES string of the molecule is O=C(CCn1c(=O)oc2ccccc21)NCc1cccc(N2CCOC2=O)c1. The first kappa shape index (κ1) is 17.8. The number of anilines is 1. The number of ether oxygens (including phenoxy) is 1. The van der Waals surface area contributed by atoms with Crippen molar-refractivity contribution in [3.63, 3.8) is 0 Å². The molecule has 0 saturated carbocycles. The molecule has 2 aromatic carbocycles. The lowest BCUT2D eigenvalue weighted by molar-refractivity contribution is -0.121. The van der Waals surface area contributed by atoms with Crippen LogP contribution in [0.15, 0.2) is 57.7 Å². The second-order valence-electron chi connectivity index (χ2n) is 6.45. The van der Waals surface area contributed by atoms with Gasteiger partial charge in [0.15, 0.2) is 5.58 Å². The van der Waals surface area contributed by atoms with Crippen LogP contribution in [-0.2, 0) is 22.6 Å². The van der Waals surface area contributed by atoms with Crippen molar-refractivity contribution in [2.45, 2.75) is 19.5 Å².